The number of nitrogens with zero attached hydrogens (tertiary/aromatic N) is 3. The Bertz CT molecular complexity index is 439. The molecule has 0 aromatic carbocycles. The van der Waals surface area contributed by atoms with Crippen LogP contribution in [0.4, 0.5) is 0 Å². The highest BCUT2D eigenvalue weighted by Gasteiger charge is 2.08. The van der Waals surface area contributed by atoms with E-state index >= 15 is 0 Å². The Kier molecular flexibility index (Phi) is 3.96. The van der Waals surface area contributed by atoms with Crippen LogP contribution in [0.3, 0.4) is 0 Å². The lowest BCUT2D eigenvalue weighted by Gasteiger charge is -2.05. The van der Waals surface area contributed by atoms with E-state index in [0.29, 0.717) is 0 Å². The molecule has 9 heteroatoms. The van der Waals surface area contributed by atoms with Gasteiger partial charge in [-0.3, -0.25) is 0 Å². The van der Waals surface area contributed by atoms with Crippen molar-refractivity contribution in [2.45, 2.75) is 6.54 Å². The van der Waals surface area contributed by atoms with Crippen molar-refractivity contribution >= 4 is 10.0 Å². The smallest absolute Gasteiger partial charge is 0.322 e. The van der Waals surface area contributed by atoms with Crippen LogP contribution in [0.25, 0.3) is 0 Å². The van der Waals surface area contributed by atoms with Crippen molar-refractivity contribution in [3.8, 4) is 12.0 Å². The first-order valence-corrected chi connectivity index (χ1v) is 6.11. The van der Waals surface area contributed by atoms with E-state index in [2.05, 4.69) is 19.7 Å². The Morgan fingerprint density at radius 1 is 1.12 bits per heavy atom. The van der Waals surface area contributed by atoms with Gasteiger partial charge in [0.05, 0.1) is 27.0 Å². The lowest BCUT2D eigenvalue weighted by atomic mass is 10.6. The Balaban J connectivity index is 2.87. The summed E-state index contributed by atoms with van der Waals surface area (Å²) in [7, 11) is -0.511. The molecule has 0 spiro atoms. The summed E-state index contributed by atoms with van der Waals surface area (Å²) in [5, 5.41) is 0. The molecule has 1 aromatic heterocycles. The molecule has 1 N–H and O–H groups in total. The third-order valence-electron chi connectivity index (χ3n) is 1.50. The molecule has 0 saturated heterocycles. The van der Waals surface area contributed by atoms with Crippen molar-refractivity contribution in [2.24, 2.45) is 0 Å². The van der Waals surface area contributed by atoms with Crippen LogP contribution in [-0.2, 0) is 16.6 Å². The minimum absolute atomic E-state index is 0.0475. The molecule has 0 bridgehead atoms. The van der Waals surface area contributed by atoms with E-state index in [4.69, 9.17) is 9.47 Å². The average Bonchev–Trinajstić information content (AvgIpc) is 2.25. The van der Waals surface area contributed by atoms with Crippen LogP contribution < -0.4 is 14.2 Å². The van der Waals surface area contributed by atoms with E-state index in [1.807, 2.05) is 0 Å². The van der Waals surface area contributed by atoms with Crippen molar-refractivity contribution in [1.82, 2.24) is 19.7 Å². The molecule has 0 aliphatic rings. The van der Waals surface area contributed by atoms with Gasteiger partial charge < -0.3 is 9.47 Å². The first-order chi connectivity index (χ1) is 7.44. The van der Waals surface area contributed by atoms with Crippen LogP contribution in [-0.4, -0.2) is 43.8 Å². The number of hydrogen-bond acceptors (Lipinski definition) is 7. The highest BCUT2D eigenvalue weighted by atomic mass is 32.2. The molecule has 0 saturated carbocycles. The van der Waals surface area contributed by atoms with Crippen molar-refractivity contribution in [2.75, 3.05) is 20.5 Å². The Hall–Kier alpha value is -1.48. The van der Waals surface area contributed by atoms with Crippen LogP contribution >= 0.6 is 0 Å². The second-order valence-corrected chi connectivity index (χ2v) is 4.65. The number of rotatable bonds is 5. The van der Waals surface area contributed by atoms with Crippen molar-refractivity contribution < 1.29 is 17.9 Å². The van der Waals surface area contributed by atoms with E-state index in [1.165, 1.54) is 14.2 Å². The predicted octanol–water partition coefficient (Wildman–Crippen LogP) is -1.06. The third kappa shape index (κ3) is 3.95. The number of ether oxygens (including phenoxy) is 2. The summed E-state index contributed by atoms with van der Waals surface area (Å²) >= 11 is 0. The number of methoxy groups -OCH3 is 2. The molecule has 16 heavy (non-hydrogen) atoms. The molecular formula is C7H12N4O4S. The van der Waals surface area contributed by atoms with Gasteiger partial charge >= 0.3 is 12.0 Å². The van der Waals surface area contributed by atoms with Gasteiger partial charge in [0.15, 0.2) is 5.82 Å². The second-order valence-electron chi connectivity index (χ2n) is 2.82. The van der Waals surface area contributed by atoms with Crippen LogP contribution in [0.5, 0.6) is 12.0 Å². The molecule has 0 radical (unpaired) electrons. The average molecular weight is 248 g/mol. The standard InChI is InChI=1S/C7H12N4O4S/c1-14-6-9-5(4-8-16(3,12)13)10-7(11-6)15-2/h8H,4H2,1-3H3. The third-order valence-corrected chi connectivity index (χ3v) is 2.17. The van der Waals surface area contributed by atoms with E-state index < -0.39 is 10.0 Å². The Morgan fingerprint density at radius 2 is 1.62 bits per heavy atom. The normalized spacial score (nSPS) is 11.2. The summed E-state index contributed by atoms with van der Waals surface area (Å²) in [6.45, 7) is -0.0475. The van der Waals surface area contributed by atoms with Gasteiger partial charge in [0.1, 0.15) is 0 Å². The zero-order valence-electron chi connectivity index (χ0n) is 9.09. The Labute approximate surface area is 93.1 Å². The van der Waals surface area contributed by atoms with E-state index in [-0.39, 0.29) is 24.4 Å². The van der Waals surface area contributed by atoms with Gasteiger partial charge in [0.25, 0.3) is 0 Å². The molecule has 0 aliphatic carbocycles. The summed E-state index contributed by atoms with van der Waals surface area (Å²) in [6.07, 6.45) is 1.04. The van der Waals surface area contributed by atoms with Gasteiger partial charge in [-0.1, -0.05) is 0 Å². The minimum Gasteiger partial charge on any atom is -0.467 e. The largest absolute Gasteiger partial charge is 0.467 e. The summed E-state index contributed by atoms with van der Waals surface area (Å²) in [5.41, 5.74) is 0. The molecule has 1 rings (SSSR count). The summed E-state index contributed by atoms with van der Waals surface area (Å²) < 4.78 is 33.6. The molecule has 0 unspecified atom stereocenters. The fraction of sp³-hybridized carbons (Fsp3) is 0.571. The second kappa shape index (κ2) is 5.03. The van der Waals surface area contributed by atoms with E-state index in [0.717, 1.165) is 6.26 Å². The molecule has 0 amide bonds. The van der Waals surface area contributed by atoms with Gasteiger partial charge in [-0.15, -0.1) is 4.98 Å². The highest BCUT2D eigenvalue weighted by Crippen LogP contribution is 2.08. The van der Waals surface area contributed by atoms with E-state index in [9.17, 15) is 8.42 Å². The zero-order valence-corrected chi connectivity index (χ0v) is 9.91. The number of aromatic nitrogens is 3. The maximum absolute atomic E-state index is 10.9. The van der Waals surface area contributed by atoms with Crippen LogP contribution in [0.15, 0.2) is 0 Å². The SMILES string of the molecule is COc1nc(CNS(C)(=O)=O)nc(OC)n1. The Morgan fingerprint density at radius 3 is 2.00 bits per heavy atom. The molecular weight excluding hydrogens is 236 g/mol. The first-order valence-electron chi connectivity index (χ1n) is 4.22. The van der Waals surface area contributed by atoms with Gasteiger partial charge in [-0.05, 0) is 0 Å². The minimum atomic E-state index is -3.29. The van der Waals surface area contributed by atoms with Crippen molar-refractivity contribution in [1.29, 1.82) is 0 Å². The maximum atomic E-state index is 10.9. The van der Waals surface area contributed by atoms with Crippen LogP contribution in [0, 0.1) is 0 Å². The lowest BCUT2D eigenvalue weighted by Crippen LogP contribution is -2.22. The molecule has 0 atom stereocenters. The molecule has 1 heterocycles. The zero-order chi connectivity index (χ0) is 12.2. The quantitative estimate of drug-likeness (QED) is 0.708. The van der Waals surface area contributed by atoms with Crippen LogP contribution in [0.2, 0.25) is 0 Å². The van der Waals surface area contributed by atoms with Crippen molar-refractivity contribution in [3.63, 3.8) is 0 Å². The monoisotopic (exact) mass is 248 g/mol. The number of sulfonamides is 1. The molecule has 90 valence electrons. The molecule has 0 aliphatic heterocycles. The summed E-state index contributed by atoms with van der Waals surface area (Å²) in [4.78, 5) is 11.5. The highest BCUT2D eigenvalue weighted by molar-refractivity contribution is 7.88. The predicted molar refractivity (Wildman–Crippen MR) is 54.6 cm³/mol. The molecule has 0 fully saturated rings. The van der Waals surface area contributed by atoms with Crippen LogP contribution in [0.1, 0.15) is 5.82 Å². The topological polar surface area (TPSA) is 103 Å². The number of hydrogen-bond donors (Lipinski definition) is 1. The summed E-state index contributed by atoms with van der Waals surface area (Å²) in [6, 6.07) is 0.134. The van der Waals surface area contributed by atoms with E-state index in [1.54, 1.807) is 0 Å². The van der Waals surface area contributed by atoms with Gasteiger partial charge in [-0.25, -0.2) is 13.1 Å². The van der Waals surface area contributed by atoms with Crippen molar-refractivity contribution in [3.05, 3.63) is 5.82 Å². The fourth-order valence-corrected chi connectivity index (χ4v) is 1.23. The van der Waals surface area contributed by atoms with Gasteiger partial charge in [0, 0.05) is 0 Å². The fourth-order valence-electron chi connectivity index (χ4n) is 0.835. The molecule has 8 nitrogen and oxygen atoms in total. The maximum Gasteiger partial charge on any atom is 0.322 e. The van der Waals surface area contributed by atoms with Gasteiger partial charge in [-0.2, -0.15) is 9.97 Å². The first kappa shape index (κ1) is 12.6. The number of nitrogens with one attached hydrogen (secondary N) is 1. The lowest BCUT2D eigenvalue weighted by molar-refractivity contribution is 0.336. The molecule has 1 aromatic rings. The van der Waals surface area contributed by atoms with Gasteiger partial charge in [0.2, 0.25) is 10.0 Å². The summed E-state index contributed by atoms with van der Waals surface area (Å²) in [5.74, 6) is 0.217.